The van der Waals surface area contributed by atoms with Crippen molar-refractivity contribution in [2.24, 2.45) is 7.05 Å². The number of aromatic nitrogens is 3. The fourth-order valence-corrected chi connectivity index (χ4v) is 4.66. The molecule has 9 nitrogen and oxygen atoms in total. The summed E-state index contributed by atoms with van der Waals surface area (Å²) in [5.74, 6) is -0.238. The van der Waals surface area contributed by atoms with Crippen molar-refractivity contribution in [1.82, 2.24) is 14.1 Å². The molecule has 4 rings (SSSR count). The third-order valence-corrected chi connectivity index (χ3v) is 6.21. The SMILES string of the molecule is Cn1c(=O)n(CCC(=O)Nc2nc(-c3ccc(NS(C)(=O)=O)cc3)cs2)c2ccccc21. The predicted molar refractivity (Wildman–Crippen MR) is 126 cm³/mol. The molecule has 0 fully saturated rings. The molecule has 0 aliphatic heterocycles. The summed E-state index contributed by atoms with van der Waals surface area (Å²) in [5, 5.41) is 5.04. The largest absolute Gasteiger partial charge is 0.328 e. The molecule has 0 unspecified atom stereocenters. The highest BCUT2D eigenvalue weighted by Gasteiger charge is 2.13. The van der Waals surface area contributed by atoms with Crippen molar-refractivity contribution in [2.75, 3.05) is 16.3 Å². The molecule has 0 saturated carbocycles. The van der Waals surface area contributed by atoms with Crippen LogP contribution in [0.1, 0.15) is 6.42 Å². The van der Waals surface area contributed by atoms with E-state index in [0.717, 1.165) is 22.9 Å². The highest BCUT2D eigenvalue weighted by atomic mass is 32.2. The van der Waals surface area contributed by atoms with Crippen LogP contribution in [-0.2, 0) is 28.4 Å². The molecule has 2 aromatic carbocycles. The average Bonchev–Trinajstić information content (AvgIpc) is 3.30. The molecule has 166 valence electrons. The molecule has 0 bridgehead atoms. The molecule has 1 amide bonds. The van der Waals surface area contributed by atoms with E-state index in [2.05, 4.69) is 15.0 Å². The Balaban J connectivity index is 1.40. The molecule has 2 aromatic heterocycles. The minimum Gasteiger partial charge on any atom is -0.302 e. The lowest BCUT2D eigenvalue weighted by molar-refractivity contribution is -0.116. The van der Waals surface area contributed by atoms with E-state index in [4.69, 9.17) is 0 Å². The maximum Gasteiger partial charge on any atom is 0.328 e. The van der Waals surface area contributed by atoms with Crippen LogP contribution in [0.4, 0.5) is 10.8 Å². The molecule has 2 N–H and O–H groups in total. The minimum absolute atomic E-state index is 0.134. The van der Waals surface area contributed by atoms with Gasteiger partial charge in [-0.15, -0.1) is 11.3 Å². The van der Waals surface area contributed by atoms with Crippen LogP contribution in [0.2, 0.25) is 0 Å². The summed E-state index contributed by atoms with van der Waals surface area (Å²) in [6, 6.07) is 14.3. The Morgan fingerprint density at radius 3 is 2.47 bits per heavy atom. The number of aryl methyl sites for hydroxylation is 2. The number of benzene rings is 2. The molecule has 4 aromatic rings. The zero-order valence-electron chi connectivity index (χ0n) is 17.4. The molecular weight excluding hydrogens is 450 g/mol. The molecule has 0 aliphatic carbocycles. The van der Waals surface area contributed by atoms with Crippen molar-refractivity contribution in [3.63, 3.8) is 0 Å². The number of amides is 1. The number of anilines is 2. The maximum atomic E-state index is 12.5. The molecule has 0 saturated heterocycles. The molecule has 0 spiro atoms. The van der Waals surface area contributed by atoms with Crippen LogP contribution in [0.5, 0.6) is 0 Å². The number of rotatable bonds is 7. The number of hydrogen-bond donors (Lipinski definition) is 2. The number of para-hydroxylation sites is 2. The standard InChI is InChI=1S/C21H21N5O4S2/c1-25-17-5-3-4-6-18(17)26(21(25)28)12-11-19(27)23-20-22-16(13-31-20)14-7-9-15(10-8-14)24-32(2,29)30/h3-10,13,24H,11-12H2,1-2H3,(H,22,23,27). The van der Waals surface area contributed by atoms with Gasteiger partial charge >= 0.3 is 5.69 Å². The van der Waals surface area contributed by atoms with Crippen molar-refractivity contribution in [1.29, 1.82) is 0 Å². The first-order valence-corrected chi connectivity index (χ1v) is 12.5. The van der Waals surface area contributed by atoms with Crippen LogP contribution >= 0.6 is 11.3 Å². The monoisotopic (exact) mass is 471 g/mol. The van der Waals surface area contributed by atoms with E-state index in [1.54, 1.807) is 40.4 Å². The van der Waals surface area contributed by atoms with Gasteiger partial charge in [-0.1, -0.05) is 24.3 Å². The first-order chi connectivity index (χ1) is 15.2. The van der Waals surface area contributed by atoms with Crippen LogP contribution in [0.25, 0.3) is 22.3 Å². The van der Waals surface area contributed by atoms with E-state index in [1.807, 2.05) is 29.6 Å². The van der Waals surface area contributed by atoms with Crippen LogP contribution in [0, 0.1) is 0 Å². The number of thiazole rings is 1. The van der Waals surface area contributed by atoms with Crippen molar-refractivity contribution in [3.05, 3.63) is 64.4 Å². The lowest BCUT2D eigenvalue weighted by Gasteiger charge is -2.05. The molecule has 32 heavy (non-hydrogen) atoms. The third kappa shape index (κ3) is 4.73. The second kappa shape index (κ2) is 8.60. The van der Waals surface area contributed by atoms with Gasteiger partial charge in [-0.3, -0.25) is 18.7 Å². The highest BCUT2D eigenvalue weighted by Crippen LogP contribution is 2.26. The molecule has 11 heteroatoms. The van der Waals surface area contributed by atoms with Crippen molar-refractivity contribution >= 4 is 49.1 Å². The smallest absolute Gasteiger partial charge is 0.302 e. The lowest BCUT2D eigenvalue weighted by Crippen LogP contribution is -2.24. The van der Waals surface area contributed by atoms with Crippen molar-refractivity contribution in [3.8, 4) is 11.3 Å². The molecule has 0 aliphatic rings. The molecule has 2 heterocycles. The van der Waals surface area contributed by atoms with Gasteiger partial charge in [0, 0.05) is 36.6 Å². The van der Waals surface area contributed by atoms with E-state index in [0.29, 0.717) is 16.5 Å². The highest BCUT2D eigenvalue weighted by molar-refractivity contribution is 7.92. The first-order valence-electron chi connectivity index (χ1n) is 9.69. The number of hydrogen-bond acceptors (Lipinski definition) is 6. The van der Waals surface area contributed by atoms with Crippen LogP contribution < -0.4 is 15.7 Å². The number of carbonyl (C=O) groups is 1. The lowest BCUT2D eigenvalue weighted by atomic mass is 10.1. The Morgan fingerprint density at radius 2 is 1.78 bits per heavy atom. The van der Waals surface area contributed by atoms with Crippen molar-refractivity contribution < 1.29 is 13.2 Å². The van der Waals surface area contributed by atoms with Gasteiger partial charge in [0.25, 0.3) is 0 Å². The number of sulfonamides is 1. The zero-order valence-corrected chi connectivity index (χ0v) is 19.0. The van der Waals surface area contributed by atoms with Crippen LogP contribution in [0.15, 0.2) is 58.7 Å². The predicted octanol–water partition coefficient (Wildman–Crippen LogP) is 2.86. The van der Waals surface area contributed by atoms with E-state index in [-0.39, 0.29) is 24.6 Å². The fraction of sp³-hybridized carbons (Fsp3) is 0.190. The fourth-order valence-electron chi connectivity index (χ4n) is 3.36. The molecular formula is C21H21N5O4S2. The summed E-state index contributed by atoms with van der Waals surface area (Å²) in [7, 11) is -1.63. The van der Waals surface area contributed by atoms with Gasteiger partial charge in [-0.25, -0.2) is 18.2 Å². The van der Waals surface area contributed by atoms with E-state index < -0.39 is 10.0 Å². The quantitative estimate of drug-likeness (QED) is 0.430. The number of fused-ring (bicyclic) bond motifs is 1. The summed E-state index contributed by atoms with van der Waals surface area (Å²) in [6.07, 6.45) is 1.22. The number of imidazole rings is 1. The Kier molecular flexibility index (Phi) is 5.85. The van der Waals surface area contributed by atoms with Gasteiger partial charge in [0.1, 0.15) is 0 Å². The van der Waals surface area contributed by atoms with Crippen LogP contribution in [0.3, 0.4) is 0 Å². The normalized spacial score (nSPS) is 11.6. The Bertz CT molecular complexity index is 1450. The van der Waals surface area contributed by atoms with Crippen LogP contribution in [-0.4, -0.2) is 34.7 Å². The number of carbonyl (C=O) groups excluding carboxylic acids is 1. The summed E-state index contributed by atoms with van der Waals surface area (Å²) >= 11 is 1.29. The van der Waals surface area contributed by atoms with Crippen molar-refractivity contribution in [2.45, 2.75) is 13.0 Å². The maximum absolute atomic E-state index is 12.5. The summed E-state index contributed by atoms with van der Waals surface area (Å²) < 4.78 is 28.2. The van der Waals surface area contributed by atoms with Gasteiger partial charge in [0.2, 0.25) is 15.9 Å². The topological polar surface area (TPSA) is 115 Å². The molecule has 0 radical (unpaired) electrons. The van der Waals surface area contributed by atoms with E-state index >= 15 is 0 Å². The molecule has 0 atom stereocenters. The Morgan fingerprint density at radius 1 is 1.09 bits per heavy atom. The minimum atomic E-state index is -3.34. The number of nitrogens with one attached hydrogen (secondary N) is 2. The average molecular weight is 472 g/mol. The van der Waals surface area contributed by atoms with Gasteiger partial charge in [-0.2, -0.15) is 0 Å². The number of nitrogens with zero attached hydrogens (tertiary/aromatic N) is 3. The third-order valence-electron chi connectivity index (χ3n) is 4.85. The summed E-state index contributed by atoms with van der Waals surface area (Å²) in [4.78, 5) is 29.3. The summed E-state index contributed by atoms with van der Waals surface area (Å²) in [5.41, 5.74) is 3.37. The first kappa shape index (κ1) is 21.8. The summed E-state index contributed by atoms with van der Waals surface area (Å²) in [6.45, 7) is 0.263. The van der Waals surface area contributed by atoms with E-state index in [1.165, 1.54) is 11.3 Å². The Hall–Kier alpha value is -3.44. The second-order valence-electron chi connectivity index (χ2n) is 7.27. The zero-order chi connectivity index (χ0) is 22.9. The van der Waals surface area contributed by atoms with Gasteiger partial charge in [0.15, 0.2) is 5.13 Å². The Labute approximate surface area is 188 Å². The van der Waals surface area contributed by atoms with Gasteiger partial charge in [0.05, 0.1) is 23.0 Å². The van der Waals surface area contributed by atoms with Gasteiger partial charge in [-0.05, 0) is 24.3 Å². The van der Waals surface area contributed by atoms with E-state index in [9.17, 15) is 18.0 Å². The second-order valence-corrected chi connectivity index (χ2v) is 9.88. The van der Waals surface area contributed by atoms with Gasteiger partial charge < -0.3 is 5.32 Å².